The summed E-state index contributed by atoms with van der Waals surface area (Å²) in [4.78, 5) is 7.45. The molecule has 17 heavy (non-hydrogen) atoms. The van der Waals surface area contributed by atoms with E-state index in [1.54, 1.807) is 0 Å². The van der Waals surface area contributed by atoms with E-state index < -0.39 is 0 Å². The normalized spacial score (nSPS) is 12.8. The molecule has 0 amide bonds. The van der Waals surface area contributed by atoms with Gasteiger partial charge in [-0.2, -0.15) is 0 Å². The molecule has 0 bridgehead atoms. The first-order chi connectivity index (χ1) is 8.38. The fourth-order valence-corrected chi connectivity index (χ4v) is 2.40. The summed E-state index contributed by atoms with van der Waals surface area (Å²) in [5.41, 5.74) is 1.35. The van der Waals surface area contributed by atoms with Crippen LogP contribution < -0.4 is 0 Å². The second-order valence-electron chi connectivity index (χ2n) is 5.05. The third-order valence-corrected chi connectivity index (χ3v) is 3.52. The van der Waals surface area contributed by atoms with Gasteiger partial charge in [0.25, 0.3) is 0 Å². The molecule has 1 atom stereocenters. The number of nitrogens with one attached hydrogen (secondary N) is 1. The van der Waals surface area contributed by atoms with Gasteiger partial charge in [-0.1, -0.05) is 58.8 Å². The van der Waals surface area contributed by atoms with Crippen LogP contribution >= 0.6 is 0 Å². The Bertz CT molecular complexity index is 254. The summed E-state index contributed by atoms with van der Waals surface area (Å²) in [6.45, 7) is 4.54. The minimum atomic E-state index is 0.709. The number of aromatic amines is 1. The maximum absolute atomic E-state index is 4.16. The molecule has 0 saturated carbocycles. The van der Waals surface area contributed by atoms with Crippen LogP contribution in [0.2, 0.25) is 0 Å². The van der Waals surface area contributed by atoms with E-state index in [1.807, 2.05) is 12.5 Å². The van der Waals surface area contributed by atoms with Gasteiger partial charge >= 0.3 is 0 Å². The van der Waals surface area contributed by atoms with Crippen molar-refractivity contribution in [2.75, 3.05) is 0 Å². The van der Waals surface area contributed by atoms with E-state index in [1.165, 1.54) is 63.5 Å². The average molecular weight is 236 g/mol. The molecule has 98 valence electrons. The van der Waals surface area contributed by atoms with Gasteiger partial charge in [0.2, 0.25) is 0 Å². The third-order valence-electron chi connectivity index (χ3n) is 3.52. The number of unbranched alkanes of at least 4 members (excludes halogenated alkanes) is 5. The van der Waals surface area contributed by atoms with Gasteiger partial charge in [-0.05, 0) is 12.8 Å². The average Bonchev–Trinajstić information content (AvgIpc) is 2.86. The fourth-order valence-electron chi connectivity index (χ4n) is 2.40. The van der Waals surface area contributed by atoms with E-state index in [2.05, 4.69) is 23.8 Å². The molecule has 0 fully saturated rings. The van der Waals surface area contributed by atoms with E-state index in [0.29, 0.717) is 5.92 Å². The molecule has 1 unspecified atom stereocenters. The van der Waals surface area contributed by atoms with E-state index in [4.69, 9.17) is 0 Å². The first kappa shape index (κ1) is 14.3. The Balaban J connectivity index is 2.31. The first-order valence-corrected chi connectivity index (χ1v) is 7.36. The van der Waals surface area contributed by atoms with Crippen molar-refractivity contribution in [3.8, 4) is 0 Å². The SMILES string of the molecule is CCCCCCC(CCCCC)c1cnc[nH]1. The topological polar surface area (TPSA) is 28.7 Å². The van der Waals surface area contributed by atoms with Crippen molar-refractivity contribution in [2.45, 2.75) is 77.6 Å². The zero-order chi connectivity index (χ0) is 12.3. The van der Waals surface area contributed by atoms with Crippen molar-refractivity contribution in [1.29, 1.82) is 0 Å². The number of hydrogen-bond acceptors (Lipinski definition) is 1. The lowest BCUT2D eigenvalue weighted by atomic mass is 9.92. The molecule has 0 aromatic carbocycles. The van der Waals surface area contributed by atoms with Gasteiger partial charge in [0.05, 0.1) is 6.33 Å². The summed E-state index contributed by atoms with van der Waals surface area (Å²) in [5.74, 6) is 0.709. The summed E-state index contributed by atoms with van der Waals surface area (Å²) in [5, 5.41) is 0. The Morgan fingerprint density at radius 3 is 2.24 bits per heavy atom. The third kappa shape index (κ3) is 5.90. The van der Waals surface area contributed by atoms with Crippen molar-refractivity contribution < 1.29 is 0 Å². The van der Waals surface area contributed by atoms with Crippen LogP contribution in [0.4, 0.5) is 0 Å². The van der Waals surface area contributed by atoms with Crippen LogP contribution in [0, 0.1) is 0 Å². The number of rotatable bonds is 10. The Hall–Kier alpha value is -0.790. The van der Waals surface area contributed by atoms with E-state index in [9.17, 15) is 0 Å². The lowest BCUT2D eigenvalue weighted by Gasteiger charge is -2.15. The van der Waals surface area contributed by atoms with Crippen molar-refractivity contribution in [3.63, 3.8) is 0 Å². The summed E-state index contributed by atoms with van der Waals surface area (Å²) in [6.07, 6.45) is 15.9. The van der Waals surface area contributed by atoms with Crippen LogP contribution in [-0.2, 0) is 0 Å². The van der Waals surface area contributed by atoms with Crippen LogP contribution in [-0.4, -0.2) is 9.97 Å². The molecule has 2 nitrogen and oxygen atoms in total. The monoisotopic (exact) mass is 236 g/mol. The van der Waals surface area contributed by atoms with E-state index in [0.717, 1.165) is 0 Å². The standard InChI is InChI=1S/C15H28N2/c1-3-5-7-9-11-14(10-8-6-4-2)15-12-16-13-17-15/h12-14H,3-11H2,1-2H3,(H,16,17). The molecule has 0 spiro atoms. The highest BCUT2D eigenvalue weighted by Crippen LogP contribution is 2.26. The highest BCUT2D eigenvalue weighted by atomic mass is 14.9. The number of aromatic nitrogens is 2. The molecule has 0 aliphatic rings. The highest BCUT2D eigenvalue weighted by Gasteiger charge is 2.12. The van der Waals surface area contributed by atoms with Crippen LogP contribution in [0.1, 0.15) is 83.2 Å². The fraction of sp³-hybridized carbons (Fsp3) is 0.800. The van der Waals surface area contributed by atoms with Gasteiger partial charge in [-0.3, -0.25) is 0 Å². The highest BCUT2D eigenvalue weighted by molar-refractivity contribution is 5.03. The second kappa shape index (κ2) is 9.26. The van der Waals surface area contributed by atoms with Crippen molar-refractivity contribution >= 4 is 0 Å². The molecule has 0 radical (unpaired) electrons. The zero-order valence-corrected chi connectivity index (χ0v) is 11.5. The quantitative estimate of drug-likeness (QED) is 0.566. The first-order valence-electron chi connectivity index (χ1n) is 7.36. The number of imidazole rings is 1. The van der Waals surface area contributed by atoms with Gasteiger partial charge in [0, 0.05) is 17.8 Å². The second-order valence-corrected chi connectivity index (χ2v) is 5.05. The molecule has 1 N–H and O–H groups in total. The smallest absolute Gasteiger partial charge is 0.0921 e. The molecule has 1 aromatic rings. The van der Waals surface area contributed by atoms with E-state index >= 15 is 0 Å². The summed E-state index contributed by atoms with van der Waals surface area (Å²) < 4.78 is 0. The predicted molar refractivity (Wildman–Crippen MR) is 74.2 cm³/mol. The van der Waals surface area contributed by atoms with Gasteiger partial charge < -0.3 is 4.98 Å². The molecule has 0 aliphatic heterocycles. The molecule has 1 heterocycles. The minimum Gasteiger partial charge on any atom is -0.348 e. The Labute approximate surface area is 106 Å². The maximum atomic E-state index is 4.16. The van der Waals surface area contributed by atoms with Gasteiger partial charge in [-0.25, -0.2) is 4.98 Å². The molecule has 1 aromatic heterocycles. The van der Waals surface area contributed by atoms with Crippen molar-refractivity contribution in [1.82, 2.24) is 9.97 Å². The minimum absolute atomic E-state index is 0.709. The van der Waals surface area contributed by atoms with Gasteiger partial charge in [0.1, 0.15) is 0 Å². The number of nitrogens with zero attached hydrogens (tertiary/aromatic N) is 1. The molecule has 0 saturated heterocycles. The molecule has 1 rings (SSSR count). The summed E-state index contributed by atoms with van der Waals surface area (Å²) in [7, 11) is 0. The Kier molecular flexibility index (Phi) is 7.78. The largest absolute Gasteiger partial charge is 0.348 e. The van der Waals surface area contributed by atoms with Crippen LogP contribution in [0.25, 0.3) is 0 Å². The van der Waals surface area contributed by atoms with Gasteiger partial charge in [-0.15, -0.1) is 0 Å². The van der Waals surface area contributed by atoms with E-state index in [-0.39, 0.29) is 0 Å². The Morgan fingerprint density at radius 2 is 1.65 bits per heavy atom. The lowest BCUT2D eigenvalue weighted by molar-refractivity contribution is 0.494. The molecular weight excluding hydrogens is 208 g/mol. The number of H-pyrrole nitrogens is 1. The predicted octanol–water partition coefficient (Wildman–Crippen LogP) is 5.04. The lowest BCUT2D eigenvalue weighted by Crippen LogP contribution is -2.00. The van der Waals surface area contributed by atoms with Crippen LogP contribution in [0.15, 0.2) is 12.5 Å². The summed E-state index contributed by atoms with van der Waals surface area (Å²) >= 11 is 0. The molecule has 2 heteroatoms. The van der Waals surface area contributed by atoms with Gasteiger partial charge in [0.15, 0.2) is 0 Å². The van der Waals surface area contributed by atoms with Crippen LogP contribution in [0.3, 0.4) is 0 Å². The Morgan fingerprint density at radius 1 is 1.00 bits per heavy atom. The summed E-state index contributed by atoms with van der Waals surface area (Å²) in [6, 6.07) is 0. The maximum Gasteiger partial charge on any atom is 0.0921 e. The zero-order valence-electron chi connectivity index (χ0n) is 11.5. The van der Waals surface area contributed by atoms with Crippen molar-refractivity contribution in [2.24, 2.45) is 0 Å². The molecule has 0 aliphatic carbocycles. The number of hydrogen-bond donors (Lipinski definition) is 1. The van der Waals surface area contributed by atoms with Crippen molar-refractivity contribution in [3.05, 3.63) is 18.2 Å². The molecular formula is C15H28N2. The van der Waals surface area contributed by atoms with Crippen LogP contribution in [0.5, 0.6) is 0 Å².